The van der Waals surface area contributed by atoms with E-state index in [1.165, 1.54) is 5.57 Å². The molecule has 0 unspecified atom stereocenters. The van der Waals surface area contributed by atoms with Crippen molar-refractivity contribution in [3.05, 3.63) is 23.8 Å². The molecule has 3 fully saturated rings. The Morgan fingerprint density at radius 3 is 2.64 bits per heavy atom. The first-order valence-corrected chi connectivity index (χ1v) is 11.2. The summed E-state index contributed by atoms with van der Waals surface area (Å²) in [5.41, 5.74) is 1.04. The lowest BCUT2D eigenvalue weighted by molar-refractivity contribution is -0.137. The van der Waals surface area contributed by atoms with Crippen molar-refractivity contribution >= 4 is 11.8 Å². The van der Waals surface area contributed by atoms with Gasteiger partial charge in [0.15, 0.2) is 5.78 Å². The minimum absolute atomic E-state index is 0.0436. The number of allylic oxidation sites excluding steroid dienone is 1. The number of fused-ring (bicyclic) bond motifs is 5. The smallest absolute Gasteiger partial charge is 0.303 e. The summed E-state index contributed by atoms with van der Waals surface area (Å²) in [6.07, 6.45) is 11.0. The van der Waals surface area contributed by atoms with E-state index in [1.807, 2.05) is 6.08 Å². The highest BCUT2D eigenvalue weighted by Crippen LogP contribution is 2.67. The summed E-state index contributed by atoms with van der Waals surface area (Å²) in [5.74, 6) is 1.79. The van der Waals surface area contributed by atoms with Crippen molar-refractivity contribution in [2.45, 2.75) is 83.2 Å². The molecule has 0 spiro atoms. The Hall–Kier alpha value is -1.42. The molecule has 4 rings (SSSR count). The van der Waals surface area contributed by atoms with E-state index in [2.05, 4.69) is 13.5 Å². The fraction of sp³-hybridized carbons (Fsp3) is 0.750. The summed E-state index contributed by atoms with van der Waals surface area (Å²) < 4.78 is 0. The summed E-state index contributed by atoms with van der Waals surface area (Å²) in [6, 6.07) is 0. The van der Waals surface area contributed by atoms with Gasteiger partial charge in [-0.15, -0.1) is 0 Å². The van der Waals surface area contributed by atoms with Crippen molar-refractivity contribution < 1.29 is 19.8 Å². The summed E-state index contributed by atoms with van der Waals surface area (Å²) in [6.45, 7) is 6.38. The van der Waals surface area contributed by atoms with Crippen LogP contribution in [0.3, 0.4) is 0 Å². The Balaban J connectivity index is 1.60. The third-order valence-corrected chi connectivity index (χ3v) is 9.01. The van der Waals surface area contributed by atoms with Crippen LogP contribution in [-0.4, -0.2) is 27.6 Å². The van der Waals surface area contributed by atoms with Gasteiger partial charge in [0.1, 0.15) is 0 Å². The first-order chi connectivity index (χ1) is 13.3. The van der Waals surface area contributed by atoms with Gasteiger partial charge in [-0.3, -0.25) is 9.59 Å². The fourth-order valence-corrected chi connectivity index (χ4v) is 7.74. The van der Waals surface area contributed by atoms with Crippen molar-refractivity contribution in [1.82, 2.24) is 0 Å². The number of aliphatic hydroxyl groups is 1. The highest BCUT2D eigenvalue weighted by Gasteiger charge is 2.64. The molecule has 0 aliphatic heterocycles. The minimum Gasteiger partial charge on any atom is -0.481 e. The molecule has 6 atom stereocenters. The molecule has 0 aromatic heterocycles. The van der Waals surface area contributed by atoms with Crippen LogP contribution in [0.15, 0.2) is 23.8 Å². The fourth-order valence-electron chi connectivity index (χ4n) is 7.74. The van der Waals surface area contributed by atoms with Crippen molar-refractivity contribution in [3.8, 4) is 0 Å². The van der Waals surface area contributed by atoms with Crippen LogP contribution in [-0.2, 0) is 9.59 Å². The standard InChI is InChI=1S/C24H34O4/c1-3-23-12-10-19-18-8-6-17(25)14-16(18)5-7-20(19)21(23)11-13-24(23,28)15(2)4-9-22(26)27/h14,18-21,28H,2-13H2,1H3,(H,26,27)/t18-,19+,20+,21-,23-,24+/m0/s1. The summed E-state index contributed by atoms with van der Waals surface area (Å²) in [5, 5.41) is 20.9. The maximum atomic E-state index is 11.9. The molecule has 28 heavy (non-hydrogen) atoms. The van der Waals surface area contributed by atoms with Gasteiger partial charge in [-0.25, -0.2) is 0 Å². The maximum Gasteiger partial charge on any atom is 0.303 e. The average Bonchev–Trinajstić information content (AvgIpc) is 3.00. The van der Waals surface area contributed by atoms with E-state index in [4.69, 9.17) is 5.11 Å². The molecule has 4 aliphatic rings. The molecule has 0 heterocycles. The zero-order chi connectivity index (χ0) is 20.1. The lowest BCUT2D eigenvalue weighted by Crippen LogP contribution is -2.54. The number of ketones is 1. The average molecular weight is 387 g/mol. The van der Waals surface area contributed by atoms with Gasteiger partial charge in [0, 0.05) is 18.3 Å². The number of hydrogen-bond donors (Lipinski definition) is 2. The third-order valence-electron chi connectivity index (χ3n) is 9.01. The van der Waals surface area contributed by atoms with Crippen molar-refractivity contribution in [3.63, 3.8) is 0 Å². The predicted octanol–water partition coefficient (Wildman–Crippen LogP) is 4.67. The first kappa shape index (κ1) is 19.9. The number of carbonyl (C=O) groups excluding carboxylic acids is 1. The topological polar surface area (TPSA) is 74.6 Å². The highest BCUT2D eigenvalue weighted by molar-refractivity contribution is 5.91. The van der Waals surface area contributed by atoms with Crippen LogP contribution in [0.1, 0.15) is 77.6 Å². The number of carboxylic acids is 1. The van der Waals surface area contributed by atoms with Crippen LogP contribution < -0.4 is 0 Å². The van der Waals surface area contributed by atoms with Gasteiger partial charge in [0.25, 0.3) is 0 Å². The van der Waals surface area contributed by atoms with Crippen LogP contribution in [0, 0.1) is 29.1 Å². The molecule has 4 nitrogen and oxygen atoms in total. The normalized spacial score (nSPS) is 42.2. The quantitative estimate of drug-likeness (QED) is 0.673. The van der Waals surface area contributed by atoms with E-state index in [9.17, 15) is 14.7 Å². The first-order valence-electron chi connectivity index (χ1n) is 11.2. The molecule has 4 aliphatic carbocycles. The molecule has 2 N–H and O–H groups in total. The van der Waals surface area contributed by atoms with E-state index in [1.54, 1.807) is 0 Å². The Morgan fingerprint density at radius 2 is 1.93 bits per heavy atom. The zero-order valence-corrected chi connectivity index (χ0v) is 17.1. The van der Waals surface area contributed by atoms with Crippen LogP contribution >= 0.6 is 0 Å². The van der Waals surface area contributed by atoms with Gasteiger partial charge < -0.3 is 10.2 Å². The maximum absolute atomic E-state index is 11.9. The molecular weight excluding hydrogens is 352 g/mol. The summed E-state index contributed by atoms with van der Waals surface area (Å²) >= 11 is 0. The molecular formula is C24H34O4. The zero-order valence-electron chi connectivity index (χ0n) is 17.1. The van der Waals surface area contributed by atoms with Gasteiger partial charge >= 0.3 is 5.97 Å². The molecule has 0 bridgehead atoms. The van der Waals surface area contributed by atoms with Crippen molar-refractivity contribution in [2.24, 2.45) is 29.1 Å². The van der Waals surface area contributed by atoms with Gasteiger partial charge in [0.2, 0.25) is 0 Å². The van der Waals surface area contributed by atoms with E-state index in [0.717, 1.165) is 56.9 Å². The molecule has 0 aromatic carbocycles. The van der Waals surface area contributed by atoms with Crippen LogP contribution in [0.25, 0.3) is 0 Å². The van der Waals surface area contributed by atoms with Crippen molar-refractivity contribution in [2.75, 3.05) is 0 Å². The lowest BCUT2D eigenvalue weighted by atomic mass is 9.48. The Bertz CT molecular complexity index is 722. The highest BCUT2D eigenvalue weighted by atomic mass is 16.4. The molecule has 3 saturated carbocycles. The van der Waals surface area contributed by atoms with E-state index < -0.39 is 11.6 Å². The number of carbonyl (C=O) groups is 2. The molecule has 4 heteroatoms. The SMILES string of the molecule is C=C(CCC(=O)O)[C@]1(O)CC[C@H]2[C@@H]3CCC4=CC(=O)CC[C@@H]4[C@H]3CC[C@@]21CC. The van der Waals surface area contributed by atoms with Gasteiger partial charge in [-0.1, -0.05) is 19.1 Å². The molecule has 0 saturated heterocycles. The van der Waals surface area contributed by atoms with Gasteiger partial charge in [-0.2, -0.15) is 0 Å². The second-order valence-corrected chi connectivity index (χ2v) is 9.75. The summed E-state index contributed by atoms with van der Waals surface area (Å²) in [4.78, 5) is 22.9. The number of aliphatic carboxylic acids is 1. The van der Waals surface area contributed by atoms with Gasteiger partial charge in [0.05, 0.1) is 5.60 Å². The van der Waals surface area contributed by atoms with Crippen molar-refractivity contribution in [1.29, 1.82) is 0 Å². The largest absolute Gasteiger partial charge is 0.481 e. The minimum atomic E-state index is -0.925. The summed E-state index contributed by atoms with van der Waals surface area (Å²) in [7, 11) is 0. The van der Waals surface area contributed by atoms with Crippen LogP contribution in [0.4, 0.5) is 0 Å². The molecule has 154 valence electrons. The van der Waals surface area contributed by atoms with Crippen LogP contribution in [0.5, 0.6) is 0 Å². The Kier molecular flexibility index (Phi) is 5.06. The molecule has 0 aromatic rings. The second kappa shape index (κ2) is 7.12. The second-order valence-electron chi connectivity index (χ2n) is 9.75. The Labute approximate surface area is 168 Å². The van der Waals surface area contributed by atoms with E-state index in [-0.39, 0.29) is 11.8 Å². The number of carboxylic acid groups (broad SMARTS) is 1. The van der Waals surface area contributed by atoms with Crippen LogP contribution in [0.2, 0.25) is 0 Å². The monoisotopic (exact) mass is 386 g/mol. The molecule has 0 amide bonds. The van der Waals surface area contributed by atoms with Gasteiger partial charge in [-0.05, 0) is 93.1 Å². The predicted molar refractivity (Wildman–Crippen MR) is 108 cm³/mol. The number of rotatable bonds is 5. The van der Waals surface area contributed by atoms with E-state index >= 15 is 0 Å². The van der Waals surface area contributed by atoms with E-state index in [0.29, 0.717) is 42.3 Å². The Morgan fingerprint density at radius 1 is 1.14 bits per heavy atom. The number of hydrogen-bond acceptors (Lipinski definition) is 3. The lowest BCUT2D eigenvalue weighted by Gasteiger charge is -2.57. The third kappa shape index (κ3) is 2.82. The molecule has 0 radical (unpaired) electrons.